The van der Waals surface area contributed by atoms with Gasteiger partial charge in [-0.2, -0.15) is 0 Å². The van der Waals surface area contributed by atoms with Crippen molar-refractivity contribution < 1.29 is 14.7 Å². The molecule has 1 aromatic carbocycles. The molecule has 1 N–H and O–H groups in total. The molecule has 0 spiro atoms. The Kier molecular flexibility index (Phi) is 5.36. The molecule has 0 bridgehead atoms. The monoisotopic (exact) mass is 249 g/mol. The van der Waals surface area contributed by atoms with E-state index in [1.165, 1.54) is 0 Å². The number of amides is 1. The maximum Gasteiger partial charge on any atom is 0.304 e. The standard InChI is InChI=1S/C14H19NO3/c1-3-15(10-12-7-5-4-6-8-12)14(18)11(2)9-13(16)17/h4-8,11H,3,9-10H2,1-2H3,(H,16,17). The van der Waals surface area contributed by atoms with Crippen LogP contribution in [0.4, 0.5) is 0 Å². The van der Waals surface area contributed by atoms with Gasteiger partial charge in [-0.3, -0.25) is 9.59 Å². The summed E-state index contributed by atoms with van der Waals surface area (Å²) in [5.74, 6) is -1.53. The minimum Gasteiger partial charge on any atom is -0.481 e. The van der Waals surface area contributed by atoms with Gasteiger partial charge in [0.05, 0.1) is 6.42 Å². The Morgan fingerprint density at radius 3 is 2.39 bits per heavy atom. The second kappa shape index (κ2) is 6.79. The number of aliphatic carboxylic acids is 1. The van der Waals surface area contributed by atoms with Crippen LogP contribution in [0, 0.1) is 5.92 Å². The molecule has 1 rings (SSSR count). The normalized spacial score (nSPS) is 11.9. The van der Waals surface area contributed by atoms with Crippen LogP contribution >= 0.6 is 0 Å². The molecule has 0 saturated heterocycles. The summed E-state index contributed by atoms with van der Waals surface area (Å²) in [6.07, 6.45) is -0.121. The molecule has 1 aromatic rings. The number of benzene rings is 1. The molecule has 0 aliphatic rings. The first-order valence-corrected chi connectivity index (χ1v) is 6.09. The first-order chi connectivity index (χ1) is 8.54. The van der Waals surface area contributed by atoms with Crippen LogP contribution in [0.25, 0.3) is 0 Å². The predicted octanol–water partition coefficient (Wildman–Crippen LogP) is 2.15. The second-order valence-corrected chi connectivity index (χ2v) is 4.34. The average molecular weight is 249 g/mol. The van der Waals surface area contributed by atoms with Crippen molar-refractivity contribution >= 4 is 11.9 Å². The maximum absolute atomic E-state index is 12.1. The highest BCUT2D eigenvalue weighted by Gasteiger charge is 2.21. The van der Waals surface area contributed by atoms with E-state index in [1.807, 2.05) is 37.3 Å². The van der Waals surface area contributed by atoms with Crippen molar-refractivity contribution in [2.75, 3.05) is 6.54 Å². The number of carbonyl (C=O) groups is 2. The number of nitrogens with zero attached hydrogens (tertiary/aromatic N) is 1. The molecule has 0 aliphatic heterocycles. The number of carbonyl (C=O) groups excluding carboxylic acids is 1. The summed E-state index contributed by atoms with van der Waals surface area (Å²) in [5, 5.41) is 8.71. The van der Waals surface area contributed by atoms with E-state index in [-0.39, 0.29) is 12.3 Å². The molecule has 0 aromatic heterocycles. The fourth-order valence-electron chi connectivity index (χ4n) is 1.81. The van der Waals surface area contributed by atoms with Gasteiger partial charge in [0, 0.05) is 19.0 Å². The molecule has 1 unspecified atom stereocenters. The van der Waals surface area contributed by atoms with Crippen molar-refractivity contribution in [1.29, 1.82) is 0 Å². The van der Waals surface area contributed by atoms with E-state index < -0.39 is 11.9 Å². The molecule has 0 aliphatic carbocycles. The molecule has 98 valence electrons. The minimum absolute atomic E-state index is 0.108. The van der Waals surface area contributed by atoms with Gasteiger partial charge in [0.15, 0.2) is 0 Å². The van der Waals surface area contributed by atoms with Crippen LogP contribution in [-0.4, -0.2) is 28.4 Å². The van der Waals surface area contributed by atoms with E-state index in [1.54, 1.807) is 11.8 Å². The van der Waals surface area contributed by atoms with Crippen molar-refractivity contribution in [2.24, 2.45) is 5.92 Å². The van der Waals surface area contributed by atoms with Crippen LogP contribution in [0.1, 0.15) is 25.8 Å². The highest BCUT2D eigenvalue weighted by Crippen LogP contribution is 2.11. The van der Waals surface area contributed by atoms with Gasteiger partial charge in [0.1, 0.15) is 0 Å². The third kappa shape index (κ3) is 4.20. The molecule has 4 nitrogen and oxygen atoms in total. The quantitative estimate of drug-likeness (QED) is 0.840. The Hall–Kier alpha value is -1.84. The fraction of sp³-hybridized carbons (Fsp3) is 0.429. The predicted molar refractivity (Wildman–Crippen MR) is 68.9 cm³/mol. The van der Waals surface area contributed by atoms with Gasteiger partial charge in [-0.05, 0) is 12.5 Å². The molecular formula is C14H19NO3. The summed E-state index contributed by atoms with van der Waals surface area (Å²) in [6, 6.07) is 9.69. The van der Waals surface area contributed by atoms with E-state index in [0.717, 1.165) is 5.56 Å². The minimum atomic E-state index is -0.938. The van der Waals surface area contributed by atoms with Crippen LogP contribution in [0.2, 0.25) is 0 Å². The number of carboxylic acid groups (broad SMARTS) is 1. The van der Waals surface area contributed by atoms with Crippen molar-refractivity contribution in [2.45, 2.75) is 26.8 Å². The Balaban J connectivity index is 2.66. The average Bonchev–Trinajstić information content (AvgIpc) is 2.35. The van der Waals surface area contributed by atoms with E-state index >= 15 is 0 Å². The first-order valence-electron chi connectivity index (χ1n) is 6.09. The van der Waals surface area contributed by atoms with Crippen LogP contribution < -0.4 is 0 Å². The Morgan fingerprint density at radius 1 is 1.28 bits per heavy atom. The third-order valence-electron chi connectivity index (χ3n) is 2.81. The lowest BCUT2D eigenvalue weighted by Crippen LogP contribution is -2.35. The van der Waals surface area contributed by atoms with Crippen LogP contribution in [-0.2, 0) is 16.1 Å². The van der Waals surface area contributed by atoms with Crippen LogP contribution in [0.5, 0.6) is 0 Å². The molecule has 1 amide bonds. The zero-order chi connectivity index (χ0) is 13.5. The van der Waals surface area contributed by atoms with E-state index in [0.29, 0.717) is 13.1 Å². The molecule has 0 saturated carbocycles. The number of hydrogen-bond acceptors (Lipinski definition) is 2. The summed E-state index contributed by atoms with van der Waals surface area (Å²) >= 11 is 0. The van der Waals surface area contributed by atoms with Gasteiger partial charge in [0.2, 0.25) is 5.91 Å². The highest BCUT2D eigenvalue weighted by molar-refractivity contribution is 5.82. The molecule has 0 fully saturated rings. The van der Waals surface area contributed by atoms with E-state index in [2.05, 4.69) is 0 Å². The first kappa shape index (κ1) is 14.2. The summed E-state index contributed by atoms with van der Waals surface area (Å²) in [6.45, 7) is 4.66. The van der Waals surface area contributed by atoms with Crippen molar-refractivity contribution in [3.8, 4) is 0 Å². The Bertz CT molecular complexity index is 403. The molecule has 18 heavy (non-hydrogen) atoms. The molecular weight excluding hydrogens is 230 g/mol. The van der Waals surface area contributed by atoms with Gasteiger partial charge in [0.25, 0.3) is 0 Å². The Labute approximate surface area is 107 Å². The highest BCUT2D eigenvalue weighted by atomic mass is 16.4. The topological polar surface area (TPSA) is 57.6 Å². The van der Waals surface area contributed by atoms with Gasteiger partial charge in [-0.1, -0.05) is 37.3 Å². The lowest BCUT2D eigenvalue weighted by Gasteiger charge is -2.24. The van der Waals surface area contributed by atoms with Gasteiger partial charge in [-0.15, -0.1) is 0 Å². The summed E-state index contributed by atoms with van der Waals surface area (Å²) < 4.78 is 0. The van der Waals surface area contributed by atoms with Crippen LogP contribution in [0.15, 0.2) is 30.3 Å². The van der Waals surface area contributed by atoms with Gasteiger partial charge >= 0.3 is 5.97 Å². The lowest BCUT2D eigenvalue weighted by atomic mass is 10.1. The number of carboxylic acids is 1. The Morgan fingerprint density at radius 2 is 1.89 bits per heavy atom. The van der Waals surface area contributed by atoms with Gasteiger partial charge < -0.3 is 10.0 Å². The van der Waals surface area contributed by atoms with E-state index in [9.17, 15) is 9.59 Å². The zero-order valence-corrected chi connectivity index (χ0v) is 10.8. The number of hydrogen-bond donors (Lipinski definition) is 1. The maximum atomic E-state index is 12.1. The summed E-state index contributed by atoms with van der Waals surface area (Å²) in [5.41, 5.74) is 1.05. The molecule has 4 heteroatoms. The van der Waals surface area contributed by atoms with Crippen molar-refractivity contribution in [1.82, 2.24) is 4.90 Å². The number of rotatable bonds is 6. The largest absolute Gasteiger partial charge is 0.481 e. The molecule has 0 radical (unpaired) electrons. The lowest BCUT2D eigenvalue weighted by molar-refractivity contribution is -0.144. The van der Waals surface area contributed by atoms with Gasteiger partial charge in [-0.25, -0.2) is 0 Å². The SMILES string of the molecule is CCN(Cc1ccccc1)C(=O)C(C)CC(=O)O. The third-order valence-corrected chi connectivity index (χ3v) is 2.81. The van der Waals surface area contributed by atoms with Crippen molar-refractivity contribution in [3.05, 3.63) is 35.9 Å². The molecule has 0 heterocycles. The summed E-state index contributed by atoms with van der Waals surface area (Å²) in [7, 11) is 0. The van der Waals surface area contributed by atoms with Crippen molar-refractivity contribution in [3.63, 3.8) is 0 Å². The summed E-state index contributed by atoms with van der Waals surface area (Å²) in [4.78, 5) is 24.4. The van der Waals surface area contributed by atoms with E-state index in [4.69, 9.17) is 5.11 Å². The smallest absolute Gasteiger partial charge is 0.304 e. The second-order valence-electron chi connectivity index (χ2n) is 4.34. The zero-order valence-electron chi connectivity index (χ0n) is 10.8. The fourth-order valence-corrected chi connectivity index (χ4v) is 1.81. The van der Waals surface area contributed by atoms with Crippen LogP contribution in [0.3, 0.4) is 0 Å². The molecule has 1 atom stereocenters.